The van der Waals surface area contributed by atoms with E-state index >= 15 is 19.2 Å². The summed E-state index contributed by atoms with van der Waals surface area (Å²) in [6.45, 7) is 2.78. The Morgan fingerprint density at radius 1 is 0.803 bits per heavy atom. The van der Waals surface area contributed by atoms with Gasteiger partial charge in [-0.3, -0.25) is 28.9 Å². The number of hydrogen-bond acceptors (Lipinski definition) is 16. The Bertz CT molecular complexity index is 3240. The Morgan fingerprint density at radius 3 is 2.11 bits per heavy atom. The van der Waals surface area contributed by atoms with Crippen molar-refractivity contribution in [1.29, 1.82) is 0 Å². The van der Waals surface area contributed by atoms with E-state index in [1.54, 1.807) is 62.4 Å². The number of aliphatic hydroxyl groups excluding tert-OH is 1. The number of anilines is 2. The van der Waals surface area contributed by atoms with Gasteiger partial charge in [-0.15, -0.1) is 0 Å². The first-order valence-corrected chi connectivity index (χ1v) is 25.2. The van der Waals surface area contributed by atoms with Gasteiger partial charge in [0.2, 0.25) is 11.8 Å². The summed E-state index contributed by atoms with van der Waals surface area (Å²) in [6, 6.07) is 30.5. The molecule has 390 valence electrons. The topological polar surface area (TPSA) is 229 Å². The summed E-state index contributed by atoms with van der Waals surface area (Å²) < 4.78 is 28.4. The van der Waals surface area contributed by atoms with Crippen molar-refractivity contribution in [2.45, 2.75) is 56.0 Å². The molecule has 9 rings (SSSR count). The molecule has 1 spiro atoms. The molecule has 0 radical (unpaired) electrons. The zero-order valence-electron chi connectivity index (χ0n) is 42.0. The summed E-state index contributed by atoms with van der Waals surface area (Å²) in [7, 11) is 3.42. The molecule has 3 N–H and O–H groups in total. The van der Waals surface area contributed by atoms with Crippen LogP contribution in [0.4, 0.5) is 15.6 Å². The molecule has 2 saturated heterocycles. The highest BCUT2D eigenvalue weighted by Gasteiger charge is 2.76. The second kappa shape index (κ2) is 22.2. The first kappa shape index (κ1) is 52.4. The predicted molar refractivity (Wildman–Crippen MR) is 277 cm³/mol. The number of cyclic esters (lactones) is 1. The Kier molecular flexibility index (Phi) is 15.3. The van der Waals surface area contributed by atoms with Gasteiger partial charge in [-0.05, 0) is 59.0 Å². The summed E-state index contributed by atoms with van der Waals surface area (Å²) in [5.41, 5.74) is 0.0231. The second-order valence-corrected chi connectivity index (χ2v) is 19.6. The number of imide groups is 1. The maximum absolute atomic E-state index is 16.9. The van der Waals surface area contributed by atoms with Gasteiger partial charge in [0.25, 0.3) is 0 Å². The van der Waals surface area contributed by atoms with Gasteiger partial charge >= 0.3 is 29.9 Å². The number of thiazole rings is 1. The number of ether oxygens (including phenoxy) is 5. The van der Waals surface area contributed by atoms with Gasteiger partial charge in [-0.25, -0.2) is 19.5 Å². The molecule has 3 aliphatic heterocycles. The third-order valence-corrected chi connectivity index (χ3v) is 14.9. The molecule has 0 bridgehead atoms. The van der Waals surface area contributed by atoms with Crippen LogP contribution >= 0.6 is 11.3 Å². The lowest BCUT2D eigenvalue weighted by atomic mass is 9.65. The molecule has 19 heteroatoms. The maximum Gasteiger partial charge on any atom is 0.329 e. The second-order valence-electron chi connectivity index (χ2n) is 18.5. The summed E-state index contributed by atoms with van der Waals surface area (Å²) in [5, 5.41) is 16.0. The number of para-hydroxylation sites is 2. The number of nitrogens with one attached hydrogen (secondary N) is 2. The van der Waals surface area contributed by atoms with Crippen molar-refractivity contribution in [3.05, 3.63) is 155 Å². The molecule has 5 aromatic carbocycles. The van der Waals surface area contributed by atoms with Gasteiger partial charge < -0.3 is 39.4 Å². The summed E-state index contributed by atoms with van der Waals surface area (Å²) in [5.74, 6) is -2.87. The molecule has 18 nitrogen and oxygen atoms in total. The lowest BCUT2D eigenvalue weighted by molar-refractivity contribution is -0.178. The number of urea groups is 1. The van der Waals surface area contributed by atoms with E-state index in [0.717, 1.165) is 23.8 Å². The number of methoxy groups -OCH3 is 3. The summed E-state index contributed by atoms with van der Waals surface area (Å²) in [6.07, 6.45) is -1.40. The minimum atomic E-state index is -2.33. The van der Waals surface area contributed by atoms with Gasteiger partial charge in [0.05, 0.1) is 61.8 Å². The van der Waals surface area contributed by atoms with Crippen molar-refractivity contribution in [2.75, 3.05) is 44.8 Å². The van der Waals surface area contributed by atoms with Crippen LogP contribution < -0.4 is 20.3 Å². The lowest BCUT2D eigenvalue weighted by Gasteiger charge is -2.46. The van der Waals surface area contributed by atoms with Crippen molar-refractivity contribution in [2.24, 2.45) is 17.8 Å². The molecule has 1 aromatic heterocycles. The Balaban J connectivity index is 1.37. The highest BCUT2D eigenvalue weighted by atomic mass is 32.1. The molecule has 76 heavy (non-hydrogen) atoms. The molecule has 0 saturated carbocycles. The van der Waals surface area contributed by atoms with E-state index in [0.29, 0.717) is 22.2 Å². The van der Waals surface area contributed by atoms with Crippen LogP contribution in [0.1, 0.15) is 66.3 Å². The summed E-state index contributed by atoms with van der Waals surface area (Å²) in [4.78, 5) is 110. The number of esters is 4. The number of nitrogens with zero attached hydrogens (tertiary/aromatic N) is 3. The molecule has 7 unspecified atom stereocenters. The average Bonchev–Trinajstić information content (AvgIpc) is 4.06. The Labute approximate surface area is 441 Å². The molecule has 2 fully saturated rings. The zero-order chi connectivity index (χ0) is 53.8. The van der Waals surface area contributed by atoms with E-state index in [2.05, 4.69) is 22.5 Å². The van der Waals surface area contributed by atoms with Crippen molar-refractivity contribution in [3.63, 3.8) is 0 Å². The largest absolute Gasteiger partial charge is 0.491 e. The van der Waals surface area contributed by atoms with Gasteiger partial charge in [-0.1, -0.05) is 128 Å². The smallest absolute Gasteiger partial charge is 0.329 e. The molecule has 7 atom stereocenters. The van der Waals surface area contributed by atoms with Crippen LogP contribution in [-0.4, -0.2) is 103 Å². The number of aliphatic hydroxyl groups is 1. The van der Waals surface area contributed by atoms with E-state index in [4.69, 9.17) is 28.7 Å². The Morgan fingerprint density at radius 2 is 1.45 bits per heavy atom. The average molecular weight is 1050 g/mol. The lowest BCUT2D eigenvalue weighted by Crippen LogP contribution is -2.57. The minimum absolute atomic E-state index is 0.0250. The highest BCUT2D eigenvalue weighted by Crippen LogP contribution is 2.67. The number of morpholine rings is 1. The highest BCUT2D eigenvalue weighted by molar-refractivity contribution is 7.22. The van der Waals surface area contributed by atoms with E-state index in [1.165, 1.54) is 36.6 Å². The van der Waals surface area contributed by atoms with E-state index < -0.39 is 102 Å². The number of carbonyl (C=O) groups is 7. The minimum Gasteiger partial charge on any atom is -0.491 e. The van der Waals surface area contributed by atoms with Crippen molar-refractivity contribution >= 4 is 74.1 Å². The fraction of sp³-hybridized carbons (Fsp3) is 0.298. The summed E-state index contributed by atoms with van der Waals surface area (Å²) >= 11 is 1.17. The van der Waals surface area contributed by atoms with Gasteiger partial charge in [0.15, 0.2) is 11.0 Å². The number of hydrogen-bond donors (Lipinski definition) is 3. The Hall–Kier alpha value is -8.44. The molecule has 4 amide bonds. The van der Waals surface area contributed by atoms with Crippen LogP contribution in [0.25, 0.3) is 10.2 Å². The third-order valence-electron chi connectivity index (χ3n) is 13.9. The normalized spacial score (nSPS) is 21.0. The predicted octanol–water partition coefficient (Wildman–Crippen LogP) is 6.58. The molecule has 3 aliphatic rings. The fourth-order valence-corrected chi connectivity index (χ4v) is 11.6. The monoisotopic (exact) mass is 1050 g/mol. The van der Waals surface area contributed by atoms with Crippen LogP contribution in [0.15, 0.2) is 127 Å². The molecule has 6 aromatic rings. The van der Waals surface area contributed by atoms with Crippen LogP contribution in [0, 0.1) is 29.6 Å². The molecular formula is C57H53N5O13S. The number of fused-ring (bicyclic) bond motifs is 4. The number of carbonyl (C=O) groups excluding carboxylic acids is 7. The number of aromatic nitrogens is 1. The third kappa shape index (κ3) is 9.39. The molecular weight excluding hydrogens is 995 g/mol. The number of amides is 4. The number of rotatable bonds is 14. The quantitative estimate of drug-likeness (QED) is 0.0453. The molecule has 4 heterocycles. The van der Waals surface area contributed by atoms with Crippen LogP contribution in [0.2, 0.25) is 0 Å². The molecule has 0 aliphatic carbocycles. The van der Waals surface area contributed by atoms with E-state index in [1.807, 2.05) is 65.6 Å². The first-order chi connectivity index (χ1) is 36.8. The maximum atomic E-state index is 16.9. The van der Waals surface area contributed by atoms with Crippen molar-refractivity contribution in [1.82, 2.24) is 15.2 Å². The van der Waals surface area contributed by atoms with Crippen molar-refractivity contribution in [3.8, 4) is 17.6 Å². The first-order valence-electron chi connectivity index (χ1n) is 24.4. The standard InChI is InChI=1S/C57H53N5O13S/c1-32(2)44(52(67)73-5)59-56(70)61-40-28-27-33(17-16-23-37(50(65)71-3)51(66)72-4)31-38(40)57(54(61)69)43(49(64)60-55-58-39-24-13-15-26-42(39)76-55)46-53(68)75-47(35-20-10-7-11-21-35)45(34-18-8-6-9-19-34)62(46)48(57)36-22-12-14-25-41(36)74-30-29-63/h6-15,18-22,24-28,31-32,37,43-48,63H,23,29-30H2,1-5H3,(H,59,70)(H,58,60,64). The van der Waals surface area contributed by atoms with Gasteiger partial charge in [-0.2, -0.15) is 0 Å². The van der Waals surface area contributed by atoms with Crippen molar-refractivity contribution < 1.29 is 62.4 Å². The fourth-order valence-electron chi connectivity index (χ4n) is 10.7. The van der Waals surface area contributed by atoms with Gasteiger partial charge in [0, 0.05) is 17.5 Å². The van der Waals surface area contributed by atoms with E-state index in [9.17, 15) is 19.5 Å². The van der Waals surface area contributed by atoms with Gasteiger partial charge in [0.1, 0.15) is 36.0 Å². The zero-order valence-corrected chi connectivity index (χ0v) is 42.8. The van der Waals surface area contributed by atoms with Crippen LogP contribution in [0.5, 0.6) is 5.75 Å². The van der Waals surface area contributed by atoms with Crippen LogP contribution in [0.3, 0.4) is 0 Å². The van der Waals surface area contributed by atoms with Crippen LogP contribution in [-0.2, 0) is 53.1 Å². The SMILES string of the molecule is COC(=O)C(CC#Cc1ccc2c(c1)C1(C(=O)N2C(=O)NC(C(=O)OC)C(C)C)C(C(=O)Nc2nc3ccccc3s2)C2C(=O)OC(c3ccccc3)C(c3ccccc3)N2C1c1ccccc1OCCO)C(=O)OC. The van der Waals surface area contributed by atoms with E-state index in [-0.39, 0.29) is 40.7 Å². The number of benzene rings is 5.